The lowest BCUT2D eigenvalue weighted by Gasteiger charge is -2.20. The van der Waals surface area contributed by atoms with E-state index in [4.69, 9.17) is 4.42 Å². The van der Waals surface area contributed by atoms with E-state index >= 15 is 0 Å². The van der Waals surface area contributed by atoms with Crippen molar-refractivity contribution in [3.05, 3.63) is 106 Å². The summed E-state index contributed by atoms with van der Waals surface area (Å²) in [6.07, 6.45) is 1.82. The second-order valence-corrected chi connectivity index (χ2v) is 9.10. The van der Waals surface area contributed by atoms with Crippen LogP contribution in [0.1, 0.15) is 29.7 Å². The zero-order valence-corrected chi connectivity index (χ0v) is 19.6. The van der Waals surface area contributed by atoms with E-state index in [0.717, 1.165) is 32.8 Å². The minimum Gasteiger partial charge on any atom is -0.455 e. The van der Waals surface area contributed by atoms with E-state index in [2.05, 4.69) is 34.8 Å². The molecule has 0 saturated heterocycles. The molecule has 5 rings (SSSR count). The first-order chi connectivity index (χ1) is 16.0. The lowest BCUT2D eigenvalue weighted by molar-refractivity contribution is 0.605. The van der Waals surface area contributed by atoms with Gasteiger partial charge in [-0.3, -0.25) is 4.79 Å². The zero-order chi connectivity index (χ0) is 22.9. The van der Waals surface area contributed by atoms with Crippen LogP contribution in [0.4, 0.5) is 5.69 Å². The van der Waals surface area contributed by atoms with Gasteiger partial charge in [0.1, 0.15) is 11.3 Å². The second-order valence-electron chi connectivity index (χ2n) is 8.27. The van der Waals surface area contributed by atoms with Crippen molar-refractivity contribution in [1.82, 2.24) is 4.37 Å². The maximum Gasteiger partial charge on any atom is 0.196 e. The van der Waals surface area contributed by atoms with Crippen LogP contribution >= 0.6 is 11.5 Å². The molecule has 0 fully saturated rings. The minimum atomic E-state index is -0.0871. The molecule has 5 heteroatoms. The van der Waals surface area contributed by atoms with Gasteiger partial charge in [0.2, 0.25) is 0 Å². The molecule has 1 unspecified atom stereocenters. The summed E-state index contributed by atoms with van der Waals surface area (Å²) in [6, 6.07) is 24.0. The molecule has 0 aliphatic rings. The van der Waals surface area contributed by atoms with E-state index in [0.29, 0.717) is 22.3 Å². The molecule has 0 aliphatic carbocycles. The van der Waals surface area contributed by atoms with Crippen LogP contribution in [0.3, 0.4) is 0 Å². The van der Waals surface area contributed by atoms with Crippen molar-refractivity contribution < 1.29 is 4.42 Å². The Morgan fingerprint density at radius 3 is 2.48 bits per heavy atom. The molecule has 0 amide bonds. The topological polar surface area (TPSA) is 55.1 Å². The summed E-state index contributed by atoms with van der Waals surface area (Å²) in [5.74, 6) is 0.621. The fourth-order valence-corrected chi connectivity index (χ4v) is 4.88. The average molecular weight is 453 g/mol. The van der Waals surface area contributed by atoms with E-state index in [9.17, 15) is 4.79 Å². The van der Waals surface area contributed by atoms with Crippen molar-refractivity contribution in [2.45, 2.75) is 26.8 Å². The van der Waals surface area contributed by atoms with Crippen LogP contribution in [0.15, 0.2) is 88.2 Å². The fourth-order valence-electron chi connectivity index (χ4n) is 4.24. The number of rotatable bonds is 5. The van der Waals surface area contributed by atoms with E-state index < -0.39 is 0 Å². The summed E-state index contributed by atoms with van der Waals surface area (Å²) >= 11 is 1.47. The Kier molecular flexibility index (Phi) is 5.56. The second kappa shape index (κ2) is 8.68. The molecule has 1 atom stereocenters. The third-order valence-corrected chi connectivity index (χ3v) is 6.68. The van der Waals surface area contributed by atoms with Crippen LogP contribution in [-0.4, -0.2) is 4.37 Å². The predicted octanol–water partition coefficient (Wildman–Crippen LogP) is 7.37. The summed E-state index contributed by atoms with van der Waals surface area (Å²) < 4.78 is 10.7. The summed E-state index contributed by atoms with van der Waals surface area (Å²) in [6.45, 7) is 5.95. The standard InChI is InChI=1S/C28H24N2O2S/c1-17-15-22(19(3)30-24-12-8-7-11-21(24)25-13-14-29-33-25)28-23(16-17)26(31)18(2)27(32-28)20-9-5-4-6-10-20/h4-16,19,30H,1-3H3. The number of hydrogen-bond donors (Lipinski definition) is 1. The molecule has 33 heavy (non-hydrogen) atoms. The van der Waals surface area contributed by atoms with Crippen LogP contribution in [0.25, 0.3) is 32.7 Å². The Labute approximate surface area is 196 Å². The number of nitrogens with zero attached hydrogens (tertiary/aromatic N) is 1. The van der Waals surface area contributed by atoms with Gasteiger partial charge >= 0.3 is 0 Å². The highest BCUT2D eigenvalue weighted by Gasteiger charge is 2.19. The van der Waals surface area contributed by atoms with Crippen LogP contribution < -0.4 is 10.7 Å². The van der Waals surface area contributed by atoms with Gasteiger partial charge in [-0.05, 0) is 56.1 Å². The molecule has 4 nitrogen and oxygen atoms in total. The van der Waals surface area contributed by atoms with Gasteiger partial charge in [0.15, 0.2) is 5.43 Å². The van der Waals surface area contributed by atoms with Crippen molar-refractivity contribution >= 4 is 28.2 Å². The highest BCUT2D eigenvalue weighted by atomic mass is 32.1. The molecule has 0 saturated carbocycles. The largest absolute Gasteiger partial charge is 0.455 e. The normalized spacial score (nSPS) is 12.1. The molecule has 0 spiro atoms. The van der Waals surface area contributed by atoms with Gasteiger partial charge in [0, 0.05) is 34.1 Å². The number of hydrogen-bond acceptors (Lipinski definition) is 5. The molecule has 2 heterocycles. The SMILES string of the molecule is Cc1cc(C(C)Nc2ccccc2-c2ccns2)c2oc(-c3ccccc3)c(C)c(=O)c2c1. The average Bonchev–Trinajstić information content (AvgIpc) is 3.37. The lowest BCUT2D eigenvalue weighted by atomic mass is 9.98. The van der Waals surface area contributed by atoms with Gasteiger partial charge in [0.25, 0.3) is 0 Å². The van der Waals surface area contributed by atoms with Crippen LogP contribution in [0, 0.1) is 13.8 Å². The van der Waals surface area contributed by atoms with Gasteiger partial charge in [-0.2, -0.15) is 0 Å². The maximum atomic E-state index is 13.3. The molecule has 164 valence electrons. The summed E-state index contributed by atoms with van der Waals surface area (Å²) in [4.78, 5) is 14.4. The lowest BCUT2D eigenvalue weighted by Crippen LogP contribution is -2.12. The van der Waals surface area contributed by atoms with Gasteiger partial charge in [-0.1, -0.05) is 54.6 Å². The Morgan fingerprint density at radius 1 is 0.970 bits per heavy atom. The molecular weight excluding hydrogens is 428 g/mol. The molecule has 3 aromatic carbocycles. The van der Waals surface area contributed by atoms with Crippen molar-refractivity contribution in [2.75, 3.05) is 5.32 Å². The molecule has 0 aliphatic heterocycles. The first-order valence-corrected chi connectivity index (χ1v) is 11.7. The number of aromatic nitrogens is 1. The van der Waals surface area contributed by atoms with Gasteiger partial charge in [-0.15, -0.1) is 0 Å². The molecule has 0 bridgehead atoms. The predicted molar refractivity (Wildman–Crippen MR) is 137 cm³/mol. The monoisotopic (exact) mass is 452 g/mol. The highest BCUT2D eigenvalue weighted by molar-refractivity contribution is 7.09. The number of nitrogens with one attached hydrogen (secondary N) is 1. The van der Waals surface area contributed by atoms with Gasteiger partial charge in [0.05, 0.1) is 16.3 Å². The molecular formula is C28H24N2O2S. The molecule has 2 aromatic heterocycles. The fraction of sp³-hybridized carbons (Fsp3) is 0.143. The van der Waals surface area contributed by atoms with E-state index in [1.54, 1.807) is 0 Å². The van der Waals surface area contributed by atoms with Crippen molar-refractivity contribution in [1.29, 1.82) is 0 Å². The van der Waals surface area contributed by atoms with E-state index in [-0.39, 0.29) is 11.5 Å². The Bertz CT molecular complexity index is 1490. The molecule has 5 aromatic rings. The van der Waals surface area contributed by atoms with Crippen molar-refractivity contribution in [3.8, 4) is 21.8 Å². The van der Waals surface area contributed by atoms with E-state index in [1.165, 1.54) is 11.5 Å². The van der Waals surface area contributed by atoms with Crippen LogP contribution in [0.2, 0.25) is 0 Å². The summed E-state index contributed by atoms with van der Waals surface area (Å²) in [5, 5.41) is 4.26. The van der Waals surface area contributed by atoms with E-state index in [1.807, 2.05) is 74.6 Å². The number of para-hydroxylation sites is 1. The third kappa shape index (κ3) is 3.96. The van der Waals surface area contributed by atoms with Crippen molar-refractivity contribution in [2.24, 2.45) is 0 Å². The number of aryl methyl sites for hydroxylation is 1. The van der Waals surface area contributed by atoms with Gasteiger partial charge < -0.3 is 9.73 Å². The first-order valence-electron chi connectivity index (χ1n) is 10.9. The van der Waals surface area contributed by atoms with Crippen LogP contribution in [-0.2, 0) is 0 Å². The first kappa shape index (κ1) is 21.2. The summed E-state index contributed by atoms with van der Waals surface area (Å²) in [7, 11) is 0. The maximum absolute atomic E-state index is 13.3. The van der Waals surface area contributed by atoms with Crippen molar-refractivity contribution in [3.63, 3.8) is 0 Å². The van der Waals surface area contributed by atoms with Crippen LogP contribution in [0.5, 0.6) is 0 Å². The molecule has 0 radical (unpaired) electrons. The Hall–Kier alpha value is -3.70. The quantitative estimate of drug-likeness (QED) is 0.302. The number of fused-ring (bicyclic) bond motifs is 1. The zero-order valence-electron chi connectivity index (χ0n) is 18.8. The minimum absolute atomic E-state index is 0.0114. The number of anilines is 1. The smallest absolute Gasteiger partial charge is 0.196 e. The Morgan fingerprint density at radius 2 is 1.73 bits per heavy atom. The highest BCUT2D eigenvalue weighted by Crippen LogP contribution is 2.35. The molecule has 1 N–H and O–H groups in total. The third-order valence-electron chi connectivity index (χ3n) is 5.90. The summed E-state index contributed by atoms with van der Waals surface area (Å²) in [5.41, 5.74) is 6.27. The van der Waals surface area contributed by atoms with Gasteiger partial charge in [-0.25, -0.2) is 4.37 Å². The number of benzene rings is 3. The Balaban J connectivity index is 1.64.